The minimum atomic E-state index is -4.07. The maximum atomic E-state index is 12.2. The van der Waals surface area contributed by atoms with Gasteiger partial charge in [-0.15, -0.1) is 0 Å². The van der Waals surface area contributed by atoms with Gasteiger partial charge in [0.1, 0.15) is 0 Å². The molecule has 1 aromatic rings. The van der Waals surface area contributed by atoms with Crippen LogP contribution in [0, 0.1) is 5.92 Å². The Bertz CT molecular complexity index is 856. The second-order valence-corrected chi connectivity index (χ2v) is 7.52. The van der Waals surface area contributed by atoms with Gasteiger partial charge in [0, 0.05) is 6.54 Å². The Morgan fingerprint density at radius 3 is 2.41 bits per heavy atom. The molecule has 1 atom stereocenters. The van der Waals surface area contributed by atoms with Crippen LogP contribution in [0.3, 0.4) is 0 Å². The summed E-state index contributed by atoms with van der Waals surface area (Å²) in [6.45, 7) is 5.82. The van der Waals surface area contributed by atoms with Gasteiger partial charge in [0.15, 0.2) is 5.78 Å². The number of isocyanates is 1. The number of nitrogens with zero attached hydrogens (tertiary/aromatic N) is 2. The van der Waals surface area contributed by atoms with E-state index in [4.69, 9.17) is 4.18 Å². The molecule has 0 saturated heterocycles. The zero-order chi connectivity index (χ0) is 20.6. The van der Waals surface area contributed by atoms with Crippen LogP contribution in [0.4, 0.5) is 10.5 Å². The summed E-state index contributed by atoms with van der Waals surface area (Å²) in [6.07, 6.45) is 0.0418. The van der Waals surface area contributed by atoms with Crippen molar-refractivity contribution in [1.29, 1.82) is 0 Å². The summed E-state index contributed by atoms with van der Waals surface area (Å²) in [7, 11) is -4.07. The summed E-state index contributed by atoms with van der Waals surface area (Å²) >= 11 is 0. The third-order valence-electron chi connectivity index (χ3n) is 3.42. The molecule has 0 unspecified atom stereocenters. The monoisotopic (exact) mass is 396 g/mol. The smallest absolute Gasteiger partial charge is 0.407 e. The lowest BCUT2D eigenvalue weighted by atomic mass is 10.1. The standard InChI is InChI=1S/C17H20N2O7S/c1-12(2)16(21)9-19(17(22)23)8-13(3)10-26-27(24,25)15-6-4-14(5-7-15)18-11-20/h4-7,13H,1,8-10H2,2-3H3,(H,22,23)/t13-/m0/s1. The first-order valence-electron chi connectivity index (χ1n) is 7.80. The molecule has 27 heavy (non-hydrogen) atoms. The highest BCUT2D eigenvalue weighted by Gasteiger charge is 2.22. The molecule has 1 N–H and O–H groups in total. The summed E-state index contributed by atoms with van der Waals surface area (Å²) in [6, 6.07) is 5.09. The van der Waals surface area contributed by atoms with E-state index in [1.165, 1.54) is 37.3 Å². The Morgan fingerprint density at radius 2 is 1.93 bits per heavy atom. The molecule has 0 aliphatic heterocycles. The van der Waals surface area contributed by atoms with E-state index in [-0.39, 0.29) is 35.9 Å². The van der Waals surface area contributed by atoms with E-state index in [0.717, 1.165) is 4.90 Å². The van der Waals surface area contributed by atoms with E-state index in [0.29, 0.717) is 0 Å². The molecule has 1 rings (SSSR count). The lowest BCUT2D eigenvalue weighted by Crippen LogP contribution is -2.39. The van der Waals surface area contributed by atoms with Gasteiger partial charge in [0.05, 0.1) is 23.7 Å². The van der Waals surface area contributed by atoms with Gasteiger partial charge in [0.25, 0.3) is 10.1 Å². The molecular formula is C17H20N2O7S. The Hall–Kier alpha value is -2.81. The normalized spacial score (nSPS) is 11.9. The quantitative estimate of drug-likeness (QED) is 0.277. The summed E-state index contributed by atoms with van der Waals surface area (Å²) in [5.41, 5.74) is 0.478. The predicted molar refractivity (Wildman–Crippen MR) is 95.9 cm³/mol. The molecule has 9 nitrogen and oxygen atoms in total. The first-order valence-corrected chi connectivity index (χ1v) is 9.21. The molecule has 0 saturated carbocycles. The van der Waals surface area contributed by atoms with Crippen LogP contribution in [-0.4, -0.2) is 56.1 Å². The molecule has 0 spiro atoms. The van der Waals surface area contributed by atoms with Gasteiger partial charge in [0.2, 0.25) is 6.08 Å². The van der Waals surface area contributed by atoms with Gasteiger partial charge < -0.3 is 10.0 Å². The van der Waals surface area contributed by atoms with Crippen molar-refractivity contribution in [3.63, 3.8) is 0 Å². The van der Waals surface area contributed by atoms with Gasteiger partial charge >= 0.3 is 6.09 Å². The number of Topliss-reactive ketones (excluding diaryl/α,β-unsaturated/α-hetero) is 1. The molecule has 10 heteroatoms. The van der Waals surface area contributed by atoms with Gasteiger partial charge in [-0.1, -0.05) is 13.5 Å². The summed E-state index contributed by atoms with van der Waals surface area (Å²) in [4.78, 5) is 37.2. The first-order chi connectivity index (χ1) is 12.6. The lowest BCUT2D eigenvalue weighted by Gasteiger charge is -2.22. The van der Waals surface area contributed by atoms with E-state index in [1.807, 2.05) is 0 Å². The van der Waals surface area contributed by atoms with Crippen LogP contribution in [0.1, 0.15) is 13.8 Å². The fourth-order valence-corrected chi connectivity index (χ4v) is 2.98. The first kappa shape index (κ1) is 22.2. The average molecular weight is 396 g/mol. The second kappa shape index (κ2) is 9.77. The van der Waals surface area contributed by atoms with Gasteiger partial charge in [-0.3, -0.25) is 8.98 Å². The number of carbonyl (C=O) groups is 2. The van der Waals surface area contributed by atoms with Crippen molar-refractivity contribution in [2.45, 2.75) is 18.7 Å². The number of carboxylic acid groups (broad SMARTS) is 1. The van der Waals surface area contributed by atoms with Crippen LogP contribution in [0.15, 0.2) is 46.3 Å². The molecular weight excluding hydrogens is 376 g/mol. The molecule has 0 fully saturated rings. The van der Waals surface area contributed by atoms with Crippen molar-refractivity contribution in [3.05, 3.63) is 36.4 Å². The number of rotatable bonds is 10. The second-order valence-electron chi connectivity index (χ2n) is 5.91. The highest BCUT2D eigenvalue weighted by atomic mass is 32.2. The van der Waals surface area contributed by atoms with Crippen molar-refractivity contribution in [2.75, 3.05) is 19.7 Å². The molecule has 0 radical (unpaired) electrons. The molecule has 0 heterocycles. The van der Waals surface area contributed by atoms with Crippen LogP contribution in [0.25, 0.3) is 0 Å². The predicted octanol–water partition coefficient (Wildman–Crippen LogP) is 2.12. The third-order valence-corrected chi connectivity index (χ3v) is 4.72. The molecule has 0 aliphatic carbocycles. The van der Waals surface area contributed by atoms with Gasteiger partial charge in [-0.05, 0) is 42.7 Å². The summed E-state index contributed by atoms with van der Waals surface area (Å²) < 4.78 is 29.3. The molecule has 0 aromatic heterocycles. The minimum Gasteiger partial charge on any atom is -0.465 e. The largest absolute Gasteiger partial charge is 0.465 e. The van der Waals surface area contributed by atoms with Crippen molar-refractivity contribution >= 4 is 33.8 Å². The Kier molecular flexibility index (Phi) is 8.04. The summed E-state index contributed by atoms with van der Waals surface area (Å²) in [5, 5.41) is 9.18. The van der Waals surface area contributed by atoms with Crippen molar-refractivity contribution in [3.8, 4) is 0 Å². The Labute approximate surface area is 157 Å². The van der Waals surface area contributed by atoms with Crippen LogP contribution >= 0.6 is 0 Å². The number of amides is 1. The number of benzene rings is 1. The zero-order valence-electron chi connectivity index (χ0n) is 14.9. The number of carbonyl (C=O) groups excluding carboxylic acids is 2. The molecule has 0 aliphatic rings. The summed E-state index contributed by atoms with van der Waals surface area (Å²) in [5.74, 6) is -0.913. The highest BCUT2D eigenvalue weighted by Crippen LogP contribution is 2.18. The van der Waals surface area contributed by atoms with Crippen LogP contribution in [0.5, 0.6) is 0 Å². The third kappa shape index (κ3) is 7.14. The SMILES string of the molecule is C=C(C)C(=O)CN(C[C@H](C)COS(=O)(=O)c1ccc(N=C=O)cc1)C(=O)O. The highest BCUT2D eigenvalue weighted by molar-refractivity contribution is 7.86. The Balaban J connectivity index is 2.71. The van der Waals surface area contributed by atoms with Crippen molar-refractivity contribution in [2.24, 2.45) is 10.9 Å². The van der Waals surface area contributed by atoms with Crippen LogP contribution in [-0.2, 0) is 23.9 Å². The molecule has 146 valence electrons. The number of hydrogen-bond acceptors (Lipinski definition) is 7. The number of aliphatic imine (C=N–C) groups is 1. The molecule has 1 aromatic carbocycles. The van der Waals surface area contributed by atoms with Gasteiger partial charge in [-0.2, -0.15) is 13.4 Å². The minimum absolute atomic E-state index is 0.0864. The molecule has 1 amide bonds. The number of ketones is 1. The lowest BCUT2D eigenvalue weighted by molar-refractivity contribution is -0.116. The number of hydrogen-bond donors (Lipinski definition) is 1. The van der Waals surface area contributed by atoms with Crippen LogP contribution in [0.2, 0.25) is 0 Å². The van der Waals surface area contributed by atoms with E-state index in [2.05, 4.69) is 11.6 Å². The van der Waals surface area contributed by atoms with Gasteiger partial charge in [-0.25, -0.2) is 9.59 Å². The van der Waals surface area contributed by atoms with Crippen molar-refractivity contribution in [1.82, 2.24) is 4.90 Å². The maximum Gasteiger partial charge on any atom is 0.407 e. The van der Waals surface area contributed by atoms with Crippen molar-refractivity contribution < 1.29 is 32.1 Å². The fourth-order valence-electron chi connectivity index (χ4n) is 1.96. The average Bonchev–Trinajstić information content (AvgIpc) is 2.60. The van der Waals surface area contributed by atoms with E-state index >= 15 is 0 Å². The van der Waals surface area contributed by atoms with E-state index < -0.39 is 27.9 Å². The van der Waals surface area contributed by atoms with Crippen LogP contribution < -0.4 is 0 Å². The topological polar surface area (TPSA) is 130 Å². The Morgan fingerprint density at radius 1 is 1.33 bits per heavy atom. The molecule has 0 bridgehead atoms. The van der Waals surface area contributed by atoms with E-state index in [1.54, 1.807) is 6.92 Å². The fraction of sp³-hybridized carbons (Fsp3) is 0.353. The maximum absolute atomic E-state index is 12.2. The van der Waals surface area contributed by atoms with E-state index in [9.17, 15) is 27.9 Å². The zero-order valence-corrected chi connectivity index (χ0v) is 15.7.